The molecule has 0 aliphatic carbocycles. The van der Waals surface area contributed by atoms with Crippen molar-refractivity contribution in [2.75, 3.05) is 11.5 Å². The molecule has 4 aromatic rings. The monoisotopic (exact) mass is 316 g/mol. The second-order valence-corrected chi connectivity index (χ2v) is 4.51. The largest absolute Gasteiger partial charge is 0.460 e. The molecule has 0 fully saturated rings. The number of nitrogen functional groups attached to an aromatic ring is 2. The maximum absolute atomic E-state index is 5.64. The fraction of sp³-hybridized carbons (Fsp3) is 0.0667. The Morgan fingerprint density at radius 3 is 2.09 bits per heavy atom. The number of rotatable bonds is 0. The topological polar surface area (TPSA) is 174 Å². The number of aromatic nitrogens is 2. The third kappa shape index (κ3) is 3.57. The van der Waals surface area contributed by atoms with Crippen LogP contribution in [0.2, 0.25) is 0 Å². The summed E-state index contributed by atoms with van der Waals surface area (Å²) in [6.07, 6.45) is 4.91. The molecular weight excluding hydrogens is 296 g/mol. The summed E-state index contributed by atoms with van der Waals surface area (Å²) in [7, 11) is 0. The van der Waals surface area contributed by atoms with E-state index < -0.39 is 0 Å². The van der Waals surface area contributed by atoms with Crippen molar-refractivity contribution in [3.05, 3.63) is 48.7 Å². The molecule has 0 bridgehead atoms. The molecule has 0 spiro atoms. The van der Waals surface area contributed by atoms with E-state index >= 15 is 0 Å². The van der Waals surface area contributed by atoms with Crippen LogP contribution < -0.4 is 23.8 Å². The normalized spacial score (nSPS) is 9.61. The van der Waals surface area contributed by atoms with E-state index in [0.717, 1.165) is 16.8 Å². The number of anilines is 2. The maximum Gasteiger partial charge on any atom is 0.175 e. The van der Waals surface area contributed by atoms with Crippen molar-refractivity contribution >= 4 is 33.6 Å². The Bertz CT molecular complexity index is 899. The number of aryl methyl sites for hydroxylation is 1. The van der Waals surface area contributed by atoms with Gasteiger partial charge in [0.15, 0.2) is 11.2 Å². The third-order valence-electron chi connectivity index (χ3n) is 2.94. The molecular formula is C15H20N6O2. The molecule has 0 radical (unpaired) electrons. The highest BCUT2D eigenvalue weighted by atomic mass is 16.3. The van der Waals surface area contributed by atoms with E-state index in [1.165, 1.54) is 0 Å². The first-order chi connectivity index (χ1) is 10.1. The van der Waals surface area contributed by atoms with Crippen LogP contribution in [0.5, 0.6) is 0 Å². The van der Waals surface area contributed by atoms with Gasteiger partial charge < -0.3 is 32.6 Å². The summed E-state index contributed by atoms with van der Waals surface area (Å²) in [6, 6.07) is 7.09. The van der Waals surface area contributed by atoms with Crippen LogP contribution >= 0.6 is 0 Å². The molecule has 4 rings (SSSR count). The van der Waals surface area contributed by atoms with Gasteiger partial charge in [0.1, 0.15) is 16.8 Å². The van der Waals surface area contributed by atoms with Crippen LogP contribution in [0.15, 0.2) is 51.8 Å². The van der Waals surface area contributed by atoms with Gasteiger partial charge in [0.05, 0.1) is 17.6 Å². The molecule has 8 heteroatoms. The summed E-state index contributed by atoms with van der Waals surface area (Å²) in [5.41, 5.74) is 15.5. The lowest BCUT2D eigenvalue weighted by molar-refractivity contribution is 0.579. The quantitative estimate of drug-likeness (QED) is 0.381. The SMILES string of the molecule is Cc1cc2nccc(N)c2o1.N.N.Nc1ccnc2ccoc12. The standard InChI is InChI=1S/C8H8N2O.C7H6N2O.2H3N/c1-5-4-7-8(11-5)6(9)2-3-10-7;8-5-1-3-9-6-2-4-10-7(5)6;;/h2-4H,1H3,(H2,9,10);1-4H,(H2,8,9);2*1H3. The third-order valence-corrected chi connectivity index (χ3v) is 2.94. The highest BCUT2D eigenvalue weighted by molar-refractivity contribution is 5.85. The van der Waals surface area contributed by atoms with Crippen LogP contribution in [-0.4, -0.2) is 9.97 Å². The number of hydrogen-bond acceptors (Lipinski definition) is 8. The zero-order chi connectivity index (χ0) is 14.8. The van der Waals surface area contributed by atoms with E-state index in [0.29, 0.717) is 22.5 Å². The Morgan fingerprint density at radius 2 is 1.48 bits per heavy atom. The van der Waals surface area contributed by atoms with Gasteiger partial charge in [-0.3, -0.25) is 9.97 Å². The van der Waals surface area contributed by atoms with E-state index in [1.54, 1.807) is 36.9 Å². The van der Waals surface area contributed by atoms with Crippen LogP contribution in [-0.2, 0) is 0 Å². The Labute approximate surface area is 132 Å². The predicted octanol–water partition coefficient (Wildman–Crippen LogP) is 3.45. The Kier molecular flexibility index (Phi) is 5.66. The summed E-state index contributed by atoms with van der Waals surface area (Å²) < 4.78 is 10.4. The fourth-order valence-electron chi connectivity index (χ4n) is 1.97. The van der Waals surface area contributed by atoms with E-state index in [9.17, 15) is 0 Å². The van der Waals surface area contributed by atoms with Crippen molar-refractivity contribution in [1.82, 2.24) is 22.3 Å². The van der Waals surface area contributed by atoms with Crippen molar-refractivity contribution in [3.63, 3.8) is 0 Å². The summed E-state index contributed by atoms with van der Waals surface area (Å²) >= 11 is 0. The molecule has 0 amide bonds. The Balaban J connectivity index is 0.000000212. The lowest BCUT2D eigenvalue weighted by Gasteiger charge is -1.90. The van der Waals surface area contributed by atoms with Gasteiger partial charge >= 0.3 is 0 Å². The number of fused-ring (bicyclic) bond motifs is 2. The van der Waals surface area contributed by atoms with Gasteiger partial charge in [-0.2, -0.15) is 0 Å². The van der Waals surface area contributed by atoms with Gasteiger partial charge in [-0.25, -0.2) is 0 Å². The van der Waals surface area contributed by atoms with Crippen molar-refractivity contribution in [1.29, 1.82) is 0 Å². The lowest BCUT2D eigenvalue weighted by atomic mass is 10.3. The zero-order valence-corrected chi connectivity index (χ0v) is 12.8. The van der Waals surface area contributed by atoms with Gasteiger partial charge in [0.2, 0.25) is 0 Å². The first-order valence-electron chi connectivity index (χ1n) is 6.33. The summed E-state index contributed by atoms with van der Waals surface area (Å²) in [5, 5.41) is 0. The van der Waals surface area contributed by atoms with E-state index in [1.807, 2.05) is 13.0 Å². The number of nitrogens with zero attached hydrogens (tertiary/aromatic N) is 2. The zero-order valence-electron chi connectivity index (χ0n) is 12.8. The molecule has 0 aliphatic heterocycles. The minimum Gasteiger partial charge on any atom is -0.460 e. The van der Waals surface area contributed by atoms with Gasteiger partial charge in [-0.15, -0.1) is 0 Å². The van der Waals surface area contributed by atoms with Crippen LogP contribution in [0.3, 0.4) is 0 Å². The van der Waals surface area contributed by atoms with Gasteiger partial charge in [0.25, 0.3) is 0 Å². The van der Waals surface area contributed by atoms with Crippen molar-refractivity contribution < 1.29 is 8.83 Å². The van der Waals surface area contributed by atoms with Crippen LogP contribution in [0, 0.1) is 6.92 Å². The van der Waals surface area contributed by atoms with Crippen molar-refractivity contribution in [2.45, 2.75) is 6.92 Å². The summed E-state index contributed by atoms with van der Waals surface area (Å²) in [6.45, 7) is 1.88. The lowest BCUT2D eigenvalue weighted by Crippen LogP contribution is -1.84. The fourth-order valence-corrected chi connectivity index (χ4v) is 1.97. The second-order valence-electron chi connectivity index (χ2n) is 4.51. The average Bonchev–Trinajstić information content (AvgIpc) is 3.06. The van der Waals surface area contributed by atoms with Gasteiger partial charge in [0, 0.05) is 24.5 Å². The molecule has 0 aromatic carbocycles. The highest BCUT2D eigenvalue weighted by Gasteiger charge is 2.02. The number of furan rings is 2. The Hall–Kier alpha value is -3.10. The van der Waals surface area contributed by atoms with E-state index in [2.05, 4.69) is 9.97 Å². The average molecular weight is 316 g/mol. The Morgan fingerprint density at radius 1 is 0.870 bits per heavy atom. The molecule has 0 saturated heterocycles. The molecule has 0 aliphatic rings. The number of pyridine rings is 2. The first-order valence-corrected chi connectivity index (χ1v) is 6.33. The van der Waals surface area contributed by atoms with Crippen LogP contribution in [0.25, 0.3) is 22.2 Å². The summed E-state index contributed by atoms with van der Waals surface area (Å²) in [4.78, 5) is 8.12. The molecule has 0 atom stereocenters. The van der Waals surface area contributed by atoms with E-state index in [4.69, 9.17) is 20.3 Å². The number of hydrogen-bond donors (Lipinski definition) is 4. The molecule has 23 heavy (non-hydrogen) atoms. The minimum atomic E-state index is 0. The van der Waals surface area contributed by atoms with Crippen LogP contribution in [0.1, 0.15) is 5.76 Å². The van der Waals surface area contributed by atoms with Gasteiger partial charge in [-0.05, 0) is 19.1 Å². The van der Waals surface area contributed by atoms with E-state index in [-0.39, 0.29) is 12.3 Å². The second kappa shape index (κ2) is 7.25. The molecule has 4 heterocycles. The van der Waals surface area contributed by atoms with Crippen molar-refractivity contribution in [3.8, 4) is 0 Å². The highest BCUT2D eigenvalue weighted by Crippen LogP contribution is 2.21. The molecule has 122 valence electrons. The molecule has 8 nitrogen and oxygen atoms in total. The predicted molar refractivity (Wildman–Crippen MR) is 91.6 cm³/mol. The van der Waals surface area contributed by atoms with Gasteiger partial charge in [-0.1, -0.05) is 0 Å². The molecule has 0 unspecified atom stereocenters. The summed E-state index contributed by atoms with van der Waals surface area (Å²) in [5.74, 6) is 0.838. The van der Waals surface area contributed by atoms with Crippen LogP contribution in [0.4, 0.5) is 11.4 Å². The first kappa shape index (κ1) is 18.0. The smallest absolute Gasteiger partial charge is 0.175 e. The van der Waals surface area contributed by atoms with Crippen molar-refractivity contribution in [2.24, 2.45) is 0 Å². The maximum atomic E-state index is 5.64. The minimum absolute atomic E-state index is 0. The molecule has 0 saturated carbocycles. The number of nitrogens with two attached hydrogens (primary N) is 2. The molecule has 10 N–H and O–H groups in total. The molecule has 4 aromatic heterocycles.